The highest BCUT2D eigenvalue weighted by Gasteiger charge is 2.16. The van der Waals surface area contributed by atoms with Crippen LogP contribution in [0.15, 0.2) is 12.1 Å². The van der Waals surface area contributed by atoms with Gasteiger partial charge in [-0.3, -0.25) is 9.58 Å². The minimum absolute atomic E-state index is 1.09. The predicted octanol–water partition coefficient (Wildman–Crippen LogP) is 3.05. The number of thiophene rings is 1. The van der Waals surface area contributed by atoms with Crippen molar-refractivity contribution in [2.45, 2.75) is 20.3 Å². The van der Waals surface area contributed by atoms with Gasteiger partial charge in [-0.1, -0.05) is 13.0 Å². The summed E-state index contributed by atoms with van der Waals surface area (Å²) in [6, 6.07) is 2.31. The van der Waals surface area contributed by atoms with E-state index in [-0.39, 0.29) is 0 Å². The van der Waals surface area contributed by atoms with Gasteiger partial charge in [0.2, 0.25) is 0 Å². The van der Waals surface area contributed by atoms with E-state index in [1.165, 1.54) is 33.6 Å². The molecule has 4 heteroatoms. The first-order valence-electron chi connectivity index (χ1n) is 6.54. The van der Waals surface area contributed by atoms with Gasteiger partial charge < -0.3 is 0 Å². The average molecular weight is 261 g/mol. The maximum atomic E-state index is 4.46. The first-order chi connectivity index (χ1) is 8.69. The fourth-order valence-electron chi connectivity index (χ4n) is 2.62. The molecule has 0 fully saturated rings. The fourth-order valence-corrected chi connectivity index (χ4v) is 3.77. The van der Waals surface area contributed by atoms with E-state index in [9.17, 15) is 0 Å². The number of likely N-dealkylation sites (N-methyl/N-ethyl adjacent to an activating group) is 1. The normalized spacial score (nSPS) is 17.4. The second-order valence-corrected chi connectivity index (χ2v) is 5.96. The third kappa shape index (κ3) is 1.89. The second-order valence-electron chi connectivity index (χ2n) is 4.93. The van der Waals surface area contributed by atoms with Gasteiger partial charge in [-0.25, -0.2) is 0 Å². The van der Waals surface area contributed by atoms with Crippen LogP contribution < -0.4 is 0 Å². The molecule has 0 aromatic carbocycles. The molecule has 3 rings (SSSR count). The van der Waals surface area contributed by atoms with E-state index in [4.69, 9.17) is 0 Å². The van der Waals surface area contributed by atoms with Gasteiger partial charge in [0.05, 0.1) is 5.69 Å². The summed E-state index contributed by atoms with van der Waals surface area (Å²) in [7, 11) is 2.03. The third-order valence-electron chi connectivity index (χ3n) is 3.69. The molecule has 0 N–H and O–H groups in total. The van der Waals surface area contributed by atoms with Gasteiger partial charge in [-0.2, -0.15) is 5.10 Å². The number of hydrogen-bond donors (Lipinski definition) is 0. The first-order valence-corrected chi connectivity index (χ1v) is 7.35. The molecule has 96 valence electrons. The molecule has 0 unspecified atom stereocenters. The van der Waals surface area contributed by atoms with Crippen molar-refractivity contribution >= 4 is 27.1 Å². The first kappa shape index (κ1) is 11.9. The number of aromatic nitrogens is 2. The van der Waals surface area contributed by atoms with Crippen LogP contribution >= 0.6 is 11.3 Å². The summed E-state index contributed by atoms with van der Waals surface area (Å²) in [6.45, 7) is 7.76. The van der Waals surface area contributed by atoms with Gasteiger partial charge in [-0.05, 0) is 31.5 Å². The van der Waals surface area contributed by atoms with Crippen LogP contribution in [-0.2, 0) is 7.05 Å². The highest BCUT2D eigenvalue weighted by molar-refractivity contribution is 7.19. The Kier molecular flexibility index (Phi) is 2.99. The van der Waals surface area contributed by atoms with Gasteiger partial charge in [0, 0.05) is 30.4 Å². The summed E-state index contributed by atoms with van der Waals surface area (Å²) in [5.74, 6) is 0. The quantitative estimate of drug-likeness (QED) is 0.828. The molecule has 3 heterocycles. The Morgan fingerprint density at radius 1 is 1.44 bits per heavy atom. The van der Waals surface area contributed by atoms with Crippen LogP contribution in [0.4, 0.5) is 0 Å². The average Bonchev–Trinajstić information content (AvgIpc) is 2.93. The topological polar surface area (TPSA) is 21.1 Å². The standard InChI is InChI=1S/C14H19N3S/c1-4-17-7-5-6-11(9-17)13-8-12-10(2)15-16(3)14(12)18-13/h6,8H,4-5,7,9H2,1-3H3. The molecule has 3 nitrogen and oxygen atoms in total. The van der Waals surface area contributed by atoms with E-state index < -0.39 is 0 Å². The summed E-state index contributed by atoms with van der Waals surface area (Å²) in [5.41, 5.74) is 2.63. The number of nitrogens with zero attached hydrogens (tertiary/aromatic N) is 3. The zero-order valence-electron chi connectivity index (χ0n) is 11.2. The molecule has 0 bridgehead atoms. The molecule has 0 aliphatic carbocycles. The number of aryl methyl sites for hydroxylation is 2. The Hall–Kier alpha value is -1.13. The van der Waals surface area contributed by atoms with E-state index in [0.717, 1.165) is 18.8 Å². The van der Waals surface area contributed by atoms with Crippen molar-refractivity contribution < 1.29 is 0 Å². The van der Waals surface area contributed by atoms with Gasteiger partial charge in [-0.15, -0.1) is 11.3 Å². The molecule has 0 radical (unpaired) electrons. The van der Waals surface area contributed by atoms with Crippen molar-refractivity contribution in [2.75, 3.05) is 19.6 Å². The van der Waals surface area contributed by atoms with Crippen molar-refractivity contribution in [3.8, 4) is 0 Å². The van der Waals surface area contributed by atoms with Crippen LogP contribution in [0.25, 0.3) is 15.8 Å². The lowest BCUT2D eigenvalue weighted by atomic mass is 10.1. The van der Waals surface area contributed by atoms with Crippen molar-refractivity contribution in [3.05, 3.63) is 22.7 Å². The lowest BCUT2D eigenvalue weighted by molar-refractivity contribution is 0.321. The lowest BCUT2D eigenvalue weighted by Gasteiger charge is -2.25. The smallest absolute Gasteiger partial charge is 0.121 e. The second kappa shape index (κ2) is 4.52. The molecule has 0 amide bonds. The molecule has 1 aliphatic heterocycles. The van der Waals surface area contributed by atoms with Gasteiger partial charge in [0.1, 0.15) is 4.83 Å². The molecule has 2 aromatic rings. The largest absolute Gasteiger partial charge is 0.299 e. The summed E-state index contributed by atoms with van der Waals surface area (Å²) >= 11 is 1.87. The minimum Gasteiger partial charge on any atom is -0.299 e. The maximum absolute atomic E-state index is 4.46. The lowest BCUT2D eigenvalue weighted by Crippen LogP contribution is -2.28. The highest BCUT2D eigenvalue weighted by atomic mass is 32.1. The van der Waals surface area contributed by atoms with Crippen molar-refractivity contribution in [3.63, 3.8) is 0 Å². The molecule has 0 saturated carbocycles. The zero-order valence-corrected chi connectivity index (χ0v) is 12.0. The number of hydrogen-bond acceptors (Lipinski definition) is 3. The van der Waals surface area contributed by atoms with Gasteiger partial charge >= 0.3 is 0 Å². The molecular weight excluding hydrogens is 242 g/mol. The Morgan fingerprint density at radius 2 is 2.28 bits per heavy atom. The third-order valence-corrected chi connectivity index (χ3v) is 4.97. The molecule has 1 aliphatic rings. The SMILES string of the molecule is CCN1CCC=C(c2cc3c(C)nn(C)c3s2)C1. The Bertz CT molecular complexity index is 571. The monoisotopic (exact) mass is 261 g/mol. The van der Waals surface area contributed by atoms with Gasteiger partial charge in [0.25, 0.3) is 0 Å². The molecule has 0 spiro atoms. The summed E-state index contributed by atoms with van der Waals surface area (Å²) in [5, 5.41) is 5.78. The van der Waals surface area contributed by atoms with Crippen molar-refractivity contribution in [1.29, 1.82) is 0 Å². The van der Waals surface area contributed by atoms with Crippen LogP contribution in [0.1, 0.15) is 23.9 Å². The Balaban J connectivity index is 1.99. The fraction of sp³-hybridized carbons (Fsp3) is 0.500. The number of rotatable bonds is 2. The number of fused-ring (bicyclic) bond motifs is 1. The summed E-state index contributed by atoms with van der Waals surface area (Å²) in [6.07, 6.45) is 3.58. The molecule has 0 atom stereocenters. The Labute approximate surface area is 112 Å². The van der Waals surface area contributed by atoms with Crippen LogP contribution in [0.5, 0.6) is 0 Å². The van der Waals surface area contributed by atoms with E-state index in [0.29, 0.717) is 0 Å². The van der Waals surface area contributed by atoms with E-state index >= 15 is 0 Å². The van der Waals surface area contributed by atoms with Crippen molar-refractivity contribution in [1.82, 2.24) is 14.7 Å². The van der Waals surface area contributed by atoms with E-state index in [2.05, 4.69) is 36.0 Å². The van der Waals surface area contributed by atoms with Crippen LogP contribution in [0.3, 0.4) is 0 Å². The Morgan fingerprint density at radius 3 is 3.00 bits per heavy atom. The molecule has 18 heavy (non-hydrogen) atoms. The van der Waals surface area contributed by atoms with Crippen LogP contribution in [0.2, 0.25) is 0 Å². The molecular formula is C14H19N3S. The predicted molar refractivity (Wildman–Crippen MR) is 78.0 cm³/mol. The molecule has 2 aromatic heterocycles. The van der Waals surface area contributed by atoms with Crippen molar-refractivity contribution in [2.24, 2.45) is 7.05 Å². The van der Waals surface area contributed by atoms with E-state index in [1.54, 1.807) is 0 Å². The molecule has 0 saturated heterocycles. The summed E-state index contributed by atoms with van der Waals surface area (Å²) in [4.78, 5) is 5.21. The van der Waals surface area contributed by atoms with E-state index in [1.807, 2.05) is 23.1 Å². The zero-order chi connectivity index (χ0) is 12.7. The van der Waals surface area contributed by atoms with Crippen LogP contribution in [0, 0.1) is 6.92 Å². The summed E-state index contributed by atoms with van der Waals surface area (Å²) < 4.78 is 2.00. The van der Waals surface area contributed by atoms with Crippen LogP contribution in [-0.4, -0.2) is 34.3 Å². The van der Waals surface area contributed by atoms with Gasteiger partial charge in [0.15, 0.2) is 0 Å². The highest BCUT2D eigenvalue weighted by Crippen LogP contribution is 2.33. The minimum atomic E-state index is 1.09. The maximum Gasteiger partial charge on any atom is 0.121 e.